The van der Waals surface area contributed by atoms with Crippen molar-refractivity contribution >= 4 is 17.5 Å². The molecule has 1 aromatic rings. The number of likely N-dealkylation sites (tertiary alicyclic amines) is 1. The summed E-state index contributed by atoms with van der Waals surface area (Å²) in [5.74, 6) is 0.931. The summed E-state index contributed by atoms with van der Waals surface area (Å²) in [4.78, 5) is 14.7. The monoisotopic (exact) mass is 364 g/mol. The minimum atomic E-state index is -0.205. The third kappa shape index (κ3) is 3.14. The first kappa shape index (κ1) is 17.1. The average molecular weight is 365 g/mol. The molecule has 3 fully saturated rings. The second-order valence-corrected chi connectivity index (χ2v) is 8.19. The number of fused-ring (bicyclic) bond motifs is 1. The van der Waals surface area contributed by atoms with Crippen molar-refractivity contribution in [2.45, 2.75) is 38.4 Å². The molecular formula is C19H25ClN2O3. The van der Waals surface area contributed by atoms with Crippen molar-refractivity contribution in [2.24, 2.45) is 11.8 Å². The predicted molar refractivity (Wildman–Crippen MR) is 95.7 cm³/mol. The van der Waals surface area contributed by atoms with E-state index < -0.39 is 0 Å². The van der Waals surface area contributed by atoms with Gasteiger partial charge in [-0.05, 0) is 50.4 Å². The van der Waals surface area contributed by atoms with E-state index in [9.17, 15) is 4.79 Å². The molecule has 3 aliphatic heterocycles. The first-order chi connectivity index (χ1) is 12.0. The maximum absolute atomic E-state index is 12.2. The molecule has 1 spiro atoms. The maximum Gasteiger partial charge on any atom is 0.287 e. The van der Waals surface area contributed by atoms with Crippen LogP contribution in [-0.4, -0.2) is 48.7 Å². The number of hydrogen-bond acceptors (Lipinski definition) is 4. The zero-order valence-electron chi connectivity index (χ0n) is 14.8. The van der Waals surface area contributed by atoms with Gasteiger partial charge in [0.15, 0.2) is 11.0 Å². The lowest BCUT2D eigenvalue weighted by Gasteiger charge is -2.29. The van der Waals surface area contributed by atoms with Crippen LogP contribution in [0.25, 0.3) is 0 Å². The Morgan fingerprint density at radius 2 is 2.32 bits per heavy atom. The number of carbonyl (C=O) groups is 1. The van der Waals surface area contributed by atoms with Gasteiger partial charge in [-0.2, -0.15) is 0 Å². The van der Waals surface area contributed by atoms with Gasteiger partial charge >= 0.3 is 0 Å². The number of halogens is 1. The van der Waals surface area contributed by atoms with Crippen LogP contribution in [-0.2, 0) is 4.74 Å². The first-order valence-corrected chi connectivity index (χ1v) is 9.42. The van der Waals surface area contributed by atoms with Gasteiger partial charge in [0, 0.05) is 38.0 Å². The summed E-state index contributed by atoms with van der Waals surface area (Å²) in [6.07, 6.45) is 4.80. The van der Waals surface area contributed by atoms with Crippen molar-refractivity contribution in [1.82, 2.24) is 10.2 Å². The molecule has 0 aliphatic carbocycles. The number of nitrogens with one attached hydrogen (secondary N) is 1. The SMILES string of the molecule is CC(C)=CCN1C[C@@H]2[C@H](CNC(=O)c3ccc(Cl)o3)[C@H]3CC[C@]2(C1)O3. The Morgan fingerprint density at radius 3 is 3.04 bits per heavy atom. The predicted octanol–water partition coefficient (Wildman–Crippen LogP) is 3.11. The van der Waals surface area contributed by atoms with E-state index in [2.05, 4.69) is 30.1 Å². The molecule has 4 rings (SSSR count). The Bertz CT molecular complexity index is 697. The van der Waals surface area contributed by atoms with Crippen LogP contribution in [0.15, 0.2) is 28.2 Å². The number of nitrogens with zero attached hydrogens (tertiary/aromatic N) is 1. The van der Waals surface area contributed by atoms with Crippen molar-refractivity contribution in [3.63, 3.8) is 0 Å². The average Bonchev–Trinajstić information content (AvgIpc) is 3.30. The van der Waals surface area contributed by atoms with E-state index in [1.807, 2.05) is 0 Å². The molecule has 1 amide bonds. The minimum absolute atomic E-state index is 0.00351. The number of carbonyl (C=O) groups excluding carboxylic acids is 1. The number of rotatable bonds is 5. The van der Waals surface area contributed by atoms with E-state index in [4.69, 9.17) is 20.8 Å². The van der Waals surface area contributed by atoms with E-state index in [1.165, 1.54) is 5.57 Å². The Balaban J connectivity index is 1.39. The van der Waals surface area contributed by atoms with Crippen LogP contribution in [0.4, 0.5) is 0 Å². The van der Waals surface area contributed by atoms with E-state index in [0.717, 1.165) is 32.5 Å². The Labute approximate surface area is 153 Å². The highest BCUT2D eigenvalue weighted by atomic mass is 35.5. The highest BCUT2D eigenvalue weighted by molar-refractivity contribution is 6.29. The molecular weight excluding hydrogens is 340 g/mol. The van der Waals surface area contributed by atoms with Crippen molar-refractivity contribution in [3.05, 3.63) is 34.8 Å². The second-order valence-electron chi connectivity index (χ2n) is 7.82. The summed E-state index contributed by atoms with van der Waals surface area (Å²) >= 11 is 5.75. The fourth-order valence-corrected chi connectivity index (χ4v) is 4.89. The number of ether oxygens (including phenoxy) is 1. The van der Waals surface area contributed by atoms with Gasteiger partial charge in [-0.1, -0.05) is 11.6 Å². The minimum Gasteiger partial charge on any atom is -0.440 e. The summed E-state index contributed by atoms with van der Waals surface area (Å²) in [6.45, 7) is 7.94. The number of allylic oxidation sites excluding steroid dienone is 1. The van der Waals surface area contributed by atoms with Gasteiger partial charge in [0.2, 0.25) is 0 Å². The fourth-order valence-electron chi connectivity index (χ4n) is 4.74. The second kappa shape index (κ2) is 6.45. The van der Waals surface area contributed by atoms with Crippen LogP contribution in [0.2, 0.25) is 5.22 Å². The largest absolute Gasteiger partial charge is 0.440 e. The molecule has 136 valence electrons. The first-order valence-electron chi connectivity index (χ1n) is 9.04. The van der Waals surface area contributed by atoms with Crippen LogP contribution in [0, 0.1) is 11.8 Å². The van der Waals surface area contributed by atoms with Crippen LogP contribution in [0.1, 0.15) is 37.2 Å². The smallest absolute Gasteiger partial charge is 0.287 e. The summed E-state index contributed by atoms with van der Waals surface area (Å²) in [5.41, 5.74) is 1.35. The number of hydrogen-bond donors (Lipinski definition) is 1. The molecule has 3 aliphatic rings. The Morgan fingerprint density at radius 1 is 1.48 bits per heavy atom. The molecule has 1 aromatic heterocycles. The Hall–Kier alpha value is -1.30. The molecule has 0 aromatic carbocycles. The third-order valence-corrected chi connectivity index (χ3v) is 6.11. The lowest BCUT2D eigenvalue weighted by Crippen LogP contribution is -2.41. The highest BCUT2D eigenvalue weighted by Gasteiger charge is 2.62. The van der Waals surface area contributed by atoms with Crippen LogP contribution < -0.4 is 5.32 Å². The Kier molecular flexibility index (Phi) is 4.42. The van der Waals surface area contributed by atoms with Crippen LogP contribution in [0.3, 0.4) is 0 Å². The zero-order chi connectivity index (χ0) is 17.6. The summed E-state index contributed by atoms with van der Waals surface area (Å²) < 4.78 is 11.6. The summed E-state index contributed by atoms with van der Waals surface area (Å²) in [7, 11) is 0. The number of amides is 1. The zero-order valence-corrected chi connectivity index (χ0v) is 15.5. The van der Waals surface area contributed by atoms with Gasteiger partial charge in [0.05, 0.1) is 11.7 Å². The van der Waals surface area contributed by atoms with E-state index in [0.29, 0.717) is 18.4 Å². The van der Waals surface area contributed by atoms with Gasteiger partial charge < -0.3 is 14.5 Å². The van der Waals surface area contributed by atoms with Gasteiger partial charge in [-0.3, -0.25) is 9.69 Å². The van der Waals surface area contributed by atoms with Gasteiger partial charge in [0.25, 0.3) is 5.91 Å². The van der Waals surface area contributed by atoms with Crippen molar-refractivity contribution < 1.29 is 13.9 Å². The molecule has 1 N–H and O–H groups in total. The molecule has 2 bridgehead atoms. The molecule has 0 radical (unpaired) electrons. The topological polar surface area (TPSA) is 54.7 Å². The van der Waals surface area contributed by atoms with Crippen molar-refractivity contribution in [3.8, 4) is 0 Å². The lowest BCUT2D eigenvalue weighted by atomic mass is 9.73. The van der Waals surface area contributed by atoms with Gasteiger partial charge in [0.1, 0.15) is 0 Å². The normalized spacial score (nSPS) is 33.5. The molecule has 4 atom stereocenters. The highest BCUT2D eigenvalue weighted by Crippen LogP contribution is 2.54. The summed E-state index contributed by atoms with van der Waals surface area (Å²) in [5, 5.41) is 3.25. The molecule has 5 nitrogen and oxygen atoms in total. The molecule has 0 saturated carbocycles. The molecule has 4 heterocycles. The fraction of sp³-hybridized carbons (Fsp3) is 0.632. The number of furan rings is 1. The van der Waals surface area contributed by atoms with Crippen molar-refractivity contribution in [2.75, 3.05) is 26.2 Å². The van der Waals surface area contributed by atoms with E-state index in [-0.39, 0.29) is 28.6 Å². The van der Waals surface area contributed by atoms with Crippen LogP contribution in [0.5, 0.6) is 0 Å². The van der Waals surface area contributed by atoms with Gasteiger partial charge in [-0.15, -0.1) is 0 Å². The third-order valence-electron chi connectivity index (χ3n) is 5.91. The van der Waals surface area contributed by atoms with Gasteiger partial charge in [-0.25, -0.2) is 0 Å². The molecule has 3 saturated heterocycles. The standard InChI is InChI=1S/C19H25ClN2O3/c1-12(2)6-8-22-10-14-13(15-5-7-19(14,11-22)25-15)9-21-18(23)16-3-4-17(20)24-16/h3-4,6,13-15H,5,7-11H2,1-2H3,(H,21,23)/t13-,14+,15+,19+/m0/s1. The summed E-state index contributed by atoms with van der Waals surface area (Å²) in [6, 6.07) is 3.19. The molecule has 25 heavy (non-hydrogen) atoms. The molecule has 0 unspecified atom stereocenters. The van der Waals surface area contributed by atoms with Crippen molar-refractivity contribution in [1.29, 1.82) is 0 Å². The van der Waals surface area contributed by atoms with E-state index >= 15 is 0 Å². The maximum atomic E-state index is 12.2. The van der Waals surface area contributed by atoms with Crippen LogP contribution >= 0.6 is 11.6 Å². The van der Waals surface area contributed by atoms with E-state index in [1.54, 1.807) is 12.1 Å². The lowest BCUT2D eigenvalue weighted by molar-refractivity contribution is 0.00363. The molecule has 6 heteroatoms. The quantitative estimate of drug-likeness (QED) is 0.816.